The topological polar surface area (TPSA) is 31.6 Å². The molecular weight excluding hydrogens is 487 g/mol. The molecule has 3 nitrogen and oxygen atoms in total. The summed E-state index contributed by atoms with van der Waals surface area (Å²) in [6, 6.07) is 15.1. The zero-order valence-corrected chi connectivity index (χ0v) is 21.5. The summed E-state index contributed by atoms with van der Waals surface area (Å²) in [6.45, 7) is 0. The average Bonchev–Trinajstić information content (AvgIpc) is 3.56. The Hall–Kier alpha value is -4.57. The normalized spacial score (nSPS) is 20.1. The van der Waals surface area contributed by atoms with Gasteiger partial charge in [0.15, 0.2) is 0 Å². The Morgan fingerprint density at radius 1 is 0.974 bits per heavy atom. The molecule has 3 aromatic carbocycles. The highest BCUT2D eigenvalue weighted by Crippen LogP contribution is 2.46. The van der Waals surface area contributed by atoms with E-state index in [0.717, 1.165) is 63.0 Å². The molecule has 3 aliphatic carbocycles. The quantitative estimate of drug-likeness (QED) is 0.318. The van der Waals surface area contributed by atoms with Gasteiger partial charge in [0.1, 0.15) is 28.7 Å². The van der Waals surface area contributed by atoms with E-state index < -0.39 is 5.41 Å². The number of hydrogen-bond donors (Lipinski definition) is 0. The molecule has 1 aliphatic heterocycles. The first-order valence-corrected chi connectivity index (χ1v) is 13.3. The summed E-state index contributed by atoms with van der Waals surface area (Å²) in [7, 11) is 1.66. The smallest absolute Gasteiger partial charge is 0.142 e. The lowest BCUT2D eigenvalue weighted by Crippen LogP contribution is -2.33. The fourth-order valence-corrected chi connectivity index (χ4v) is 6.76. The van der Waals surface area contributed by atoms with E-state index in [2.05, 4.69) is 30.4 Å². The van der Waals surface area contributed by atoms with Crippen LogP contribution in [0.2, 0.25) is 0 Å². The zero-order chi connectivity index (χ0) is 26.1. The van der Waals surface area contributed by atoms with Crippen LogP contribution < -0.4 is 19.9 Å². The molecule has 4 heteroatoms. The molecule has 39 heavy (non-hydrogen) atoms. The fraction of sp³-hybridized carbons (Fsp3) is 0.143. The third-order valence-corrected chi connectivity index (χ3v) is 8.57. The number of methoxy groups -OCH3 is 1. The van der Waals surface area contributed by atoms with E-state index in [1.165, 1.54) is 16.4 Å². The minimum atomic E-state index is -0.710. The van der Waals surface area contributed by atoms with Crippen LogP contribution in [0.15, 0.2) is 95.2 Å². The summed E-state index contributed by atoms with van der Waals surface area (Å²) in [4.78, 5) is 0. The van der Waals surface area contributed by atoms with E-state index in [9.17, 15) is 0 Å². The standard InChI is InChI=1S/C35H25FO3/c1-37-23-14-12-22(13-15-23)35(28-10-4-5-11-29(28)36)17-16-30-27(20-35)32-31-24-8-3-2-7-21(24)19-26(31)33-25(34(32)39-30)9-6-18-38-33/h2-7,10-19H,8-9,20H2,1H3. The number of rotatable bonds is 3. The van der Waals surface area contributed by atoms with Gasteiger partial charge in [-0.3, -0.25) is 0 Å². The van der Waals surface area contributed by atoms with Crippen molar-refractivity contribution in [3.05, 3.63) is 135 Å². The van der Waals surface area contributed by atoms with Gasteiger partial charge in [-0.2, -0.15) is 0 Å². The fourth-order valence-electron chi connectivity index (χ4n) is 6.76. The highest BCUT2D eigenvalue weighted by molar-refractivity contribution is 5.98. The van der Waals surface area contributed by atoms with Crippen molar-refractivity contribution in [1.29, 1.82) is 0 Å². The second-order valence-electron chi connectivity index (χ2n) is 10.5. The third-order valence-electron chi connectivity index (χ3n) is 8.57. The van der Waals surface area contributed by atoms with Crippen LogP contribution in [-0.4, -0.2) is 7.11 Å². The maximum Gasteiger partial charge on any atom is 0.142 e. The Morgan fingerprint density at radius 2 is 1.85 bits per heavy atom. The van der Waals surface area contributed by atoms with Crippen LogP contribution in [0.5, 0.6) is 11.5 Å². The molecule has 2 heterocycles. The van der Waals surface area contributed by atoms with Crippen molar-refractivity contribution in [2.24, 2.45) is 0 Å². The van der Waals surface area contributed by atoms with Crippen molar-refractivity contribution in [2.45, 2.75) is 24.7 Å². The number of furan rings is 1. The highest BCUT2D eigenvalue weighted by Gasteiger charge is 2.40. The molecule has 0 bridgehead atoms. The summed E-state index contributed by atoms with van der Waals surface area (Å²) in [6.07, 6.45) is 18.8. The molecule has 0 saturated carbocycles. The van der Waals surface area contributed by atoms with Crippen molar-refractivity contribution in [2.75, 3.05) is 7.11 Å². The van der Waals surface area contributed by atoms with Crippen molar-refractivity contribution < 1.29 is 18.3 Å². The molecule has 8 rings (SSSR count). The maximum absolute atomic E-state index is 15.6. The monoisotopic (exact) mass is 512 g/mol. The molecule has 0 spiro atoms. The van der Waals surface area contributed by atoms with E-state index in [0.29, 0.717) is 12.0 Å². The van der Waals surface area contributed by atoms with Crippen LogP contribution in [-0.2, 0) is 18.3 Å². The first kappa shape index (κ1) is 22.4. The van der Waals surface area contributed by atoms with E-state index in [4.69, 9.17) is 13.9 Å². The van der Waals surface area contributed by atoms with Crippen LogP contribution >= 0.6 is 0 Å². The van der Waals surface area contributed by atoms with Crippen molar-refractivity contribution in [3.8, 4) is 11.5 Å². The average molecular weight is 513 g/mol. The van der Waals surface area contributed by atoms with Crippen LogP contribution in [0, 0.1) is 5.82 Å². The van der Waals surface area contributed by atoms with Crippen LogP contribution in [0.25, 0.3) is 28.7 Å². The summed E-state index contributed by atoms with van der Waals surface area (Å²) in [5, 5.41) is 3.43. The number of fused-ring (bicyclic) bond motifs is 9. The van der Waals surface area contributed by atoms with Gasteiger partial charge >= 0.3 is 0 Å². The lowest BCUT2D eigenvalue weighted by molar-refractivity contribution is 0.414. The third kappa shape index (κ3) is 3.09. The minimum absolute atomic E-state index is 0.222. The molecule has 4 aliphatic rings. The number of hydrogen-bond acceptors (Lipinski definition) is 3. The van der Waals surface area contributed by atoms with Crippen molar-refractivity contribution in [1.82, 2.24) is 0 Å². The Kier molecular flexibility index (Phi) is 4.72. The van der Waals surface area contributed by atoms with Crippen LogP contribution in [0.1, 0.15) is 34.4 Å². The van der Waals surface area contributed by atoms with E-state index in [1.54, 1.807) is 25.5 Å². The summed E-state index contributed by atoms with van der Waals surface area (Å²) >= 11 is 0. The van der Waals surface area contributed by atoms with Gasteiger partial charge in [0.2, 0.25) is 0 Å². The first-order valence-electron chi connectivity index (χ1n) is 13.3. The van der Waals surface area contributed by atoms with Crippen LogP contribution in [0.3, 0.4) is 0 Å². The Bertz CT molecular complexity index is 1950. The molecule has 0 saturated heterocycles. The van der Waals surface area contributed by atoms with Crippen LogP contribution in [0.4, 0.5) is 4.39 Å². The molecule has 0 N–H and O–H groups in total. The number of ether oxygens (including phenoxy) is 2. The van der Waals surface area contributed by atoms with Gasteiger partial charge in [-0.1, -0.05) is 54.6 Å². The van der Waals surface area contributed by atoms with Gasteiger partial charge in [-0.25, -0.2) is 4.39 Å². The molecule has 1 unspecified atom stereocenters. The SMILES string of the molecule is COc1ccc(C2(c3ccccc3F)C=Cc3oc4c5c(c6c(c4c3C2)=C2CC=CC=C2C=6)OC=CC5)cc1. The molecule has 4 aromatic rings. The number of benzene rings is 3. The predicted molar refractivity (Wildman–Crippen MR) is 152 cm³/mol. The van der Waals surface area contributed by atoms with Gasteiger partial charge < -0.3 is 13.9 Å². The largest absolute Gasteiger partial charge is 0.497 e. The van der Waals surface area contributed by atoms with Gasteiger partial charge in [0.25, 0.3) is 0 Å². The Morgan fingerprint density at radius 3 is 2.69 bits per heavy atom. The highest BCUT2D eigenvalue weighted by atomic mass is 19.1. The Balaban J connectivity index is 1.45. The summed E-state index contributed by atoms with van der Waals surface area (Å²) < 4.78 is 33.8. The van der Waals surface area contributed by atoms with Gasteiger partial charge in [-0.15, -0.1) is 0 Å². The molecule has 0 fully saturated rings. The number of allylic oxidation sites excluding steroid dienone is 6. The van der Waals surface area contributed by atoms with Crippen molar-refractivity contribution >= 4 is 28.7 Å². The molecule has 1 aromatic heterocycles. The first-order chi connectivity index (χ1) is 19.2. The zero-order valence-electron chi connectivity index (χ0n) is 21.5. The van der Waals surface area contributed by atoms with E-state index in [-0.39, 0.29) is 5.82 Å². The minimum Gasteiger partial charge on any atom is -0.497 e. The Labute approximate surface area is 225 Å². The molecule has 0 amide bonds. The lowest BCUT2D eigenvalue weighted by atomic mass is 9.67. The van der Waals surface area contributed by atoms with E-state index in [1.807, 2.05) is 48.6 Å². The molecule has 190 valence electrons. The summed E-state index contributed by atoms with van der Waals surface area (Å²) in [5.41, 5.74) is 6.50. The number of halogens is 1. The van der Waals surface area contributed by atoms with Crippen molar-refractivity contribution in [3.63, 3.8) is 0 Å². The molecule has 0 radical (unpaired) electrons. The lowest BCUT2D eigenvalue weighted by Gasteiger charge is -2.35. The molecular formula is C35H25FO3. The van der Waals surface area contributed by atoms with E-state index >= 15 is 4.39 Å². The molecule has 1 atom stereocenters. The predicted octanol–water partition coefficient (Wildman–Crippen LogP) is 6.42. The van der Waals surface area contributed by atoms with Gasteiger partial charge in [-0.05, 0) is 66.0 Å². The van der Waals surface area contributed by atoms with Gasteiger partial charge in [0.05, 0.1) is 13.4 Å². The van der Waals surface area contributed by atoms with Gasteiger partial charge in [0, 0.05) is 44.3 Å². The maximum atomic E-state index is 15.6. The summed E-state index contributed by atoms with van der Waals surface area (Å²) in [5.74, 6) is 2.26. The second kappa shape index (κ2) is 8.21. The second-order valence-corrected chi connectivity index (χ2v) is 10.5.